The second kappa shape index (κ2) is 4.17. The van der Waals surface area contributed by atoms with Crippen molar-refractivity contribution in [1.29, 1.82) is 0 Å². The van der Waals surface area contributed by atoms with Crippen LogP contribution < -0.4 is 5.73 Å². The molecular weight excluding hydrogens is 233 g/mol. The number of hydrogen-bond donors (Lipinski definition) is 1. The number of hydrogen-bond acceptors (Lipinski definition) is 3. The molecule has 0 bridgehead atoms. The lowest BCUT2D eigenvalue weighted by Crippen LogP contribution is -2.06. The van der Waals surface area contributed by atoms with E-state index in [1.807, 2.05) is 0 Å². The minimum Gasteiger partial charge on any atom is -0.325 e. The fourth-order valence-corrected chi connectivity index (χ4v) is 1.34. The molecule has 0 saturated heterocycles. The van der Waals surface area contributed by atoms with Gasteiger partial charge in [-0.3, -0.25) is 0 Å². The van der Waals surface area contributed by atoms with Gasteiger partial charge in [-0.05, 0) is 18.2 Å². The molecule has 1 aromatic heterocycles. The maximum atomic E-state index is 12.5. The highest BCUT2D eigenvalue weighted by atomic mass is 19.4. The van der Waals surface area contributed by atoms with Crippen LogP contribution in [0.15, 0.2) is 30.5 Å². The van der Waals surface area contributed by atoms with E-state index in [0.717, 1.165) is 12.1 Å². The van der Waals surface area contributed by atoms with Crippen molar-refractivity contribution in [3.63, 3.8) is 0 Å². The summed E-state index contributed by atoms with van der Waals surface area (Å²) in [5.74, 6) is 0. The van der Waals surface area contributed by atoms with Gasteiger partial charge >= 0.3 is 6.18 Å². The van der Waals surface area contributed by atoms with E-state index in [-0.39, 0.29) is 6.54 Å². The molecule has 2 rings (SSSR count). The van der Waals surface area contributed by atoms with Crippen LogP contribution >= 0.6 is 0 Å². The summed E-state index contributed by atoms with van der Waals surface area (Å²) in [6, 6.07) is 4.85. The second-order valence-electron chi connectivity index (χ2n) is 3.41. The van der Waals surface area contributed by atoms with Crippen molar-refractivity contribution in [3.8, 4) is 5.69 Å². The van der Waals surface area contributed by atoms with Crippen LogP contribution in [0, 0.1) is 0 Å². The van der Waals surface area contributed by atoms with E-state index in [9.17, 15) is 13.2 Å². The summed E-state index contributed by atoms with van der Waals surface area (Å²) in [4.78, 5) is 0. The van der Waals surface area contributed by atoms with E-state index in [2.05, 4.69) is 10.3 Å². The zero-order valence-electron chi connectivity index (χ0n) is 8.65. The topological polar surface area (TPSA) is 56.7 Å². The molecule has 4 nitrogen and oxygen atoms in total. The molecule has 0 aliphatic rings. The Morgan fingerprint density at radius 2 is 2.06 bits per heavy atom. The number of aromatic nitrogens is 3. The summed E-state index contributed by atoms with van der Waals surface area (Å²) in [6.07, 6.45) is -2.87. The molecule has 0 spiro atoms. The number of alkyl halides is 3. The molecule has 0 radical (unpaired) electrons. The highest BCUT2D eigenvalue weighted by Gasteiger charge is 2.30. The average molecular weight is 242 g/mol. The van der Waals surface area contributed by atoms with Crippen LogP contribution in [0.1, 0.15) is 11.3 Å². The highest BCUT2D eigenvalue weighted by molar-refractivity contribution is 5.36. The molecule has 0 amide bonds. The van der Waals surface area contributed by atoms with Crippen molar-refractivity contribution < 1.29 is 13.2 Å². The van der Waals surface area contributed by atoms with Crippen molar-refractivity contribution in [3.05, 3.63) is 41.7 Å². The van der Waals surface area contributed by atoms with E-state index in [4.69, 9.17) is 5.73 Å². The van der Waals surface area contributed by atoms with Crippen LogP contribution in [0.3, 0.4) is 0 Å². The van der Waals surface area contributed by atoms with Crippen molar-refractivity contribution in [1.82, 2.24) is 15.0 Å². The standard InChI is InChI=1S/C10H9F3N4/c11-10(12,13)7-2-1-3-9(4-7)17-6-8(5-14)15-16-17/h1-4,6H,5,14H2. The average Bonchev–Trinajstić information content (AvgIpc) is 2.76. The Labute approximate surface area is 94.9 Å². The van der Waals surface area contributed by atoms with Crippen molar-refractivity contribution in [2.24, 2.45) is 5.73 Å². The molecule has 7 heteroatoms. The molecule has 0 saturated carbocycles. The predicted molar refractivity (Wildman–Crippen MR) is 54.3 cm³/mol. The maximum Gasteiger partial charge on any atom is 0.416 e. The third kappa shape index (κ3) is 2.44. The predicted octanol–water partition coefficient (Wildman–Crippen LogP) is 1.74. The molecule has 0 aliphatic heterocycles. The third-order valence-electron chi connectivity index (χ3n) is 2.19. The molecule has 2 aromatic rings. The molecule has 1 heterocycles. The number of benzene rings is 1. The monoisotopic (exact) mass is 242 g/mol. The number of halogens is 3. The summed E-state index contributed by atoms with van der Waals surface area (Å²) in [6.45, 7) is 0.193. The van der Waals surface area contributed by atoms with Gasteiger partial charge in [0.15, 0.2) is 0 Å². The van der Waals surface area contributed by atoms with Crippen LogP contribution in [0.25, 0.3) is 5.69 Å². The van der Waals surface area contributed by atoms with Gasteiger partial charge in [0, 0.05) is 6.54 Å². The summed E-state index contributed by atoms with van der Waals surface area (Å²) in [5.41, 5.74) is 5.44. The first-order chi connectivity index (χ1) is 8.00. The largest absolute Gasteiger partial charge is 0.416 e. The maximum absolute atomic E-state index is 12.5. The van der Waals surface area contributed by atoms with Gasteiger partial charge in [0.05, 0.1) is 23.1 Å². The van der Waals surface area contributed by atoms with Crippen molar-refractivity contribution >= 4 is 0 Å². The first-order valence-corrected chi connectivity index (χ1v) is 4.79. The lowest BCUT2D eigenvalue weighted by Gasteiger charge is -2.07. The first-order valence-electron chi connectivity index (χ1n) is 4.79. The van der Waals surface area contributed by atoms with E-state index in [0.29, 0.717) is 11.4 Å². The van der Waals surface area contributed by atoms with Crippen LogP contribution in [-0.2, 0) is 12.7 Å². The van der Waals surface area contributed by atoms with Gasteiger partial charge in [0.2, 0.25) is 0 Å². The van der Waals surface area contributed by atoms with E-state index >= 15 is 0 Å². The number of nitrogens with two attached hydrogens (primary N) is 1. The summed E-state index contributed by atoms with van der Waals surface area (Å²) in [7, 11) is 0. The van der Waals surface area contributed by atoms with Crippen molar-refractivity contribution in [2.75, 3.05) is 0 Å². The zero-order valence-corrected chi connectivity index (χ0v) is 8.65. The van der Waals surface area contributed by atoms with Crippen molar-refractivity contribution in [2.45, 2.75) is 12.7 Å². The van der Waals surface area contributed by atoms with E-state index in [1.54, 1.807) is 0 Å². The second-order valence-corrected chi connectivity index (χ2v) is 3.41. The first kappa shape index (κ1) is 11.6. The normalized spacial score (nSPS) is 11.8. The summed E-state index contributed by atoms with van der Waals surface area (Å²) >= 11 is 0. The van der Waals surface area contributed by atoms with Crippen LogP contribution in [0.2, 0.25) is 0 Å². The lowest BCUT2D eigenvalue weighted by atomic mass is 10.2. The van der Waals surface area contributed by atoms with Gasteiger partial charge in [-0.1, -0.05) is 11.3 Å². The lowest BCUT2D eigenvalue weighted by molar-refractivity contribution is -0.137. The Kier molecular flexibility index (Phi) is 2.84. The molecule has 0 atom stereocenters. The molecule has 2 N–H and O–H groups in total. The highest BCUT2D eigenvalue weighted by Crippen LogP contribution is 2.30. The van der Waals surface area contributed by atoms with Gasteiger partial charge in [-0.15, -0.1) is 5.10 Å². The van der Waals surface area contributed by atoms with Gasteiger partial charge in [-0.25, -0.2) is 4.68 Å². The molecule has 0 unspecified atom stereocenters. The zero-order chi connectivity index (χ0) is 12.5. The van der Waals surface area contributed by atoms with Gasteiger partial charge in [0.1, 0.15) is 0 Å². The molecular formula is C10H9F3N4. The summed E-state index contributed by atoms with van der Waals surface area (Å²) in [5, 5.41) is 7.41. The quantitative estimate of drug-likeness (QED) is 0.872. The number of nitrogens with zero attached hydrogens (tertiary/aromatic N) is 3. The van der Waals surface area contributed by atoms with Crippen LogP contribution in [0.4, 0.5) is 13.2 Å². The Morgan fingerprint density at radius 1 is 1.29 bits per heavy atom. The van der Waals surface area contributed by atoms with Gasteiger partial charge in [-0.2, -0.15) is 13.2 Å². The van der Waals surface area contributed by atoms with Crippen LogP contribution in [0.5, 0.6) is 0 Å². The minimum atomic E-state index is -4.37. The smallest absolute Gasteiger partial charge is 0.325 e. The SMILES string of the molecule is NCc1cn(-c2cccc(C(F)(F)F)c2)nn1. The Balaban J connectivity index is 2.39. The molecule has 90 valence electrons. The number of rotatable bonds is 2. The summed E-state index contributed by atoms with van der Waals surface area (Å²) < 4.78 is 38.7. The molecule has 1 aromatic carbocycles. The van der Waals surface area contributed by atoms with E-state index in [1.165, 1.54) is 23.0 Å². The molecule has 0 fully saturated rings. The molecule has 17 heavy (non-hydrogen) atoms. The van der Waals surface area contributed by atoms with Gasteiger partial charge < -0.3 is 5.73 Å². The Morgan fingerprint density at radius 3 is 2.65 bits per heavy atom. The van der Waals surface area contributed by atoms with Gasteiger partial charge in [0.25, 0.3) is 0 Å². The fraction of sp³-hybridized carbons (Fsp3) is 0.200. The minimum absolute atomic E-state index is 0.193. The van der Waals surface area contributed by atoms with E-state index < -0.39 is 11.7 Å². The fourth-order valence-electron chi connectivity index (χ4n) is 1.34. The Bertz CT molecular complexity index is 518. The van der Waals surface area contributed by atoms with Crippen LogP contribution in [-0.4, -0.2) is 15.0 Å². The Hall–Kier alpha value is -1.89. The third-order valence-corrected chi connectivity index (χ3v) is 2.19. The molecule has 0 aliphatic carbocycles.